The highest BCUT2D eigenvalue weighted by atomic mass is 35.5. The van der Waals surface area contributed by atoms with Gasteiger partial charge in [-0.25, -0.2) is 4.79 Å². The molecule has 7 heteroatoms. The van der Waals surface area contributed by atoms with Crippen LogP contribution in [0, 0.1) is 10.1 Å². The monoisotopic (exact) mass is 256 g/mol. The molecule has 0 saturated heterocycles. The van der Waals surface area contributed by atoms with Gasteiger partial charge in [0.2, 0.25) is 0 Å². The molecule has 2 rings (SSSR count). The van der Waals surface area contributed by atoms with Crippen LogP contribution in [0.25, 0.3) is 0 Å². The van der Waals surface area contributed by atoms with Crippen LogP contribution in [-0.2, 0) is 13.0 Å². The third kappa shape index (κ3) is 2.16. The number of halogens is 1. The number of rotatable bonds is 1. The van der Waals surface area contributed by atoms with Gasteiger partial charge in [-0.2, -0.15) is 0 Å². The number of amides is 1. The normalized spacial score (nSPS) is 14.3. The minimum absolute atomic E-state index is 0.0426. The Hall–Kier alpha value is -1.82. The molecule has 1 N–H and O–H groups in total. The molecule has 0 bridgehead atoms. The topological polar surface area (TPSA) is 83.7 Å². The van der Waals surface area contributed by atoms with E-state index >= 15 is 0 Å². The van der Waals surface area contributed by atoms with Crippen molar-refractivity contribution in [1.29, 1.82) is 0 Å². The lowest BCUT2D eigenvalue weighted by Gasteiger charge is -2.26. The number of carboxylic acid groups (broad SMARTS) is 1. The number of hydrogen-bond donors (Lipinski definition) is 1. The van der Waals surface area contributed by atoms with E-state index in [9.17, 15) is 14.9 Å². The number of nitro benzene ring substituents is 1. The van der Waals surface area contributed by atoms with Crippen LogP contribution in [0.4, 0.5) is 10.5 Å². The zero-order valence-corrected chi connectivity index (χ0v) is 9.48. The molecule has 90 valence electrons. The van der Waals surface area contributed by atoms with E-state index in [4.69, 9.17) is 16.7 Å². The van der Waals surface area contributed by atoms with Gasteiger partial charge in [-0.05, 0) is 23.6 Å². The van der Waals surface area contributed by atoms with Crippen molar-refractivity contribution in [2.45, 2.75) is 13.0 Å². The molecule has 0 spiro atoms. The largest absolute Gasteiger partial charge is 0.465 e. The Morgan fingerprint density at radius 3 is 2.76 bits per heavy atom. The van der Waals surface area contributed by atoms with Crippen molar-refractivity contribution in [3.63, 3.8) is 0 Å². The van der Waals surface area contributed by atoms with Gasteiger partial charge >= 0.3 is 6.09 Å². The summed E-state index contributed by atoms with van der Waals surface area (Å²) in [7, 11) is 0. The second-order valence-corrected chi connectivity index (χ2v) is 4.19. The molecule has 1 amide bonds. The quantitative estimate of drug-likeness (QED) is 0.617. The summed E-state index contributed by atoms with van der Waals surface area (Å²) < 4.78 is 0. The first-order valence-electron chi connectivity index (χ1n) is 4.92. The van der Waals surface area contributed by atoms with Crippen LogP contribution in [0.5, 0.6) is 0 Å². The Labute approximate surface area is 102 Å². The highest BCUT2D eigenvalue weighted by Gasteiger charge is 2.24. The third-order valence-electron chi connectivity index (χ3n) is 2.75. The van der Waals surface area contributed by atoms with Crippen LogP contribution in [0.2, 0.25) is 5.02 Å². The van der Waals surface area contributed by atoms with Gasteiger partial charge in [-0.3, -0.25) is 10.1 Å². The molecular weight excluding hydrogens is 248 g/mol. The van der Waals surface area contributed by atoms with E-state index in [-0.39, 0.29) is 17.3 Å². The summed E-state index contributed by atoms with van der Waals surface area (Å²) >= 11 is 5.78. The molecule has 0 unspecified atom stereocenters. The van der Waals surface area contributed by atoms with Crippen molar-refractivity contribution >= 4 is 23.4 Å². The minimum atomic E-state index is -0.995. The first kappa shape index (κ1) is 11.7. The maximum atomic E-state index is 10.8. The fraction of sp³-hybridized carbons (Fsp3) is 0.300. The highest BCUT2D eigenvalue weighted by molar-refractivity contribution is 6.32. The Kier molecular flexibility index (Phi) is 2.89. The van der Waals surface area contributed by atoms with Crippen molar-refractivity contribution in [3.05, 3.63) is 38.4 Å². The smallest absolute Gasteiger partial charge is 0.407 e. The van der Waals surface area contributed by atoms with Gasteiger partial charge in [-0.15, -0.1) is 0 Å². The van der Waals surface area contributed by atoms with Gasteiger partial charge in [-0.1, -0.05) is 11.6 Å². The molecule has 0 aliphatic carbocycles. The summed E-state index contributed by atoms with van der Waals surface area (Å²) in [5.41, 5.74) is 1.39. The Bertz CT molecular complexity index is 503. The van der Waals surface area contributed by atoms with Crippen molar-refractivity contribution < 1.29 is 14.8 Å². The Morgan fingerprint density at radius 2 is 2.18 bits per heavy atom. The van der Waals surface area contributed by atoms with Crippen molar-refractivity contribution in [2.24, 2.45) is 0 Å². The van der Waals surface area contributed by atoms with E-state index in [1.54, 1.807) is 0 Å². The second-order valence-electron chi connectivity index (χ2n) is 3.78. The molecule has 1 aromatic rings. The molecular formula is C10H9ClN2O4. The summed E-state index contributed by atoms with van der Waals surface area (Å²) in [5, 5.41) is 19.6. The highest BCUT2D eigenvalue weighted by Crippen LogP contribution is 2.31. The Morgan fingerprint density at radius 1 is 1.47 bits per heavy atom. The van der Waals surface area contributed by atoms with E-state index in [0.29, 0.717) is 13.0 Å². The lowest BCUT2D eigenvalue weighted by Crippen LogP contribution is -2.34. The van der Waals surface area contributed by atoms with Gasteiger partial charge in [0.15, 0.2) is 0 Å². The third-order valence-corrected chi connectivity index (χ3v) is 3.05. The van der Waals surface area contributed by atoms with E-state index in [1.165, 1.54) is 17.0 Å². The lowest BCUT2D eigenvalue weighted by atomic mass is 9.99. The number of nitrogens with zero attached hydrogens (tertiary/aromatic N) is 2. The number of hydrogen-bond acceptors (Lipinski definition) is 3. The molecule has 0 radical (unpaired) electrons. The van der Waals surface area contributed by atoms with Crippen LogP contribution >= 0.6 is 11.6 Å². The number of nitro groups is 1. The van der Waals surface area contributed by atoms with Crippen LogP contribution in [0.3, 0.4) is 0 Å². The van der Waals surface area contributed by atoms with Gasteiger partial charge in [0.1, 0.15) is 5.02 Å². The van der Waals surface area contributed by atoms with E-state index in [1.807, 2.05) is 0 Å². The van der Waals surface area contributed by atoms with Gasteiger partial charge in [0.25, 0.3) is 5.69 Å². The predicted octanol–water partition coefficient (Wildman–Crippen LogP) is 2.28. The second kappa shape index (κ2) is 4.21. The van der Waals surface area contributed by atoms with Crippen molar-refractivity contribution in [2.75, 3.05) is 6.54 Å². The maximum Gasteiger partial charge on any atom is 0.407 e. The van der Waals surface area contributed by atoms with Crippen LogP contribution < -0.4 is 0 Å². The standard InChI is InChI=1S/C10H9ClN2O4/c11-8-3-7-5-12(10(14)15)2-1-6(7)4-9(8)13(16)17/h3-4H,1-2,5H2,(H,14,15). The molecule has 1 aromatic carbocycles. The number of fused-ring (bicyclic) bond motifs is 1. The lowest BCUT2D eigenvalue weighted by molar-refractivity contribution is -0.384. The van der Waals surface area contributed by atoms with Gasteiger partial charge in [0, 0.05) is 19.2 Å². The molecule has 1 heterocycles. The molecule has 0 saturated carbocycles. The maximum absolute atomic E-state index is 10.8. The summed E-state index contributed by atoms with van der Waals surface area (Å²) in [6.45, 7) is 0.573. The zero-order valence-electron chi connectivity index (χ0n) is 8.72. The number of benzene rings is 1. The van der Waals surface area contributed by atoms with Gasteiger partial charge in [0.05, 0.1) is 4.92 Å². The van der Waals surface area contributed by atoms with Gasteiger partial charge < -0.3 is 10.0 Å². The molecule has 6 nitrogen and oxygen atoms in total. The van der Waals surface area contributed by atoms with E-state index < -0.39 is 11.0 Å². The Balaban J connectivity index is 2.38. The average molecular weight is 257 g/mol. The molecule has 0 aromatic heterocycles. The first-order chi connectivity index (χ1) is 7.99. The first-order valence-corrected chi connectivity index (χ1v) is 5.30. The number of carbonyl (C=O) groups is 1. The van der Waals surface area contributed by atoms with Crippen LogP contribution in [0.1, 0.15) is 11.1 Å². The fourth-order valence-corrected chi connectivity index (χ4v) is 2.12. The van der Waals surface area contributed by atoms with Crippen molar-refractivity contribution in [3.8, 4) is 0 Å². The summed E-state index contributed by atoms with van der Waals surface area (Å²) in [5.74, 6) is 0. The van der Waals surface area contributed by atoms with E-state index in [0.717, 1.165) is 11.1 Å². The van der Waals surface area contributed by atoms with Crippen LogP contribution in [0.15, 0.2) is 12.1 Å². The summed E-state index contributed by atoms with van der Waals surface area (Å²) in [4.78, 5) is 22.2. The van der Waals surface area contributed by atoms with Crippen molar-refractivity contribution in [1.82, 2.24) is 4.90 Å². The molecule has 0 atom stereocenters. The SMILES string of the molecule is O=C(O)N1CCc2cc([N+](=O)[O-])c(Cl)cc2C1. The minimum Gasteiger partial charge on any atom is -0.465 e. The summed E-state index contributed by atoms with van der Waals surface area (Å²) in [6.07, 6.45) is -0.523. The summed E-state index contributed by atoms with van der Waals surface area (Å²) in [6, 6.07) is 2.90. The molecule has 0 fully saturated rings. The van der Waals surface area contributed by atoms with Crippen LogP contribution in [-0.4, -0.2) is 27.6 Å². The fourth-order valence-electron chi connectivity index (χ4n) is 1.87. The predicted molar refractivity (Wildman–Crippen MR) is 60.2 cm³/mol. The molecule has 17 heavy (non-hydrogen) atoms. The average Bonchev–Trinajstić information content (AvgIpc) is 2.26. The van der Waals surface area contributed by atoms with E-state index in [2.05, 4.69) is 0 Å². The zero-order chi connectivity index (χ0) is 12.6. The molecule has 1 aliphatic heterocycles. The molecule has 1 aliphatic rings.